The first-order chi connectivity index (χ1) is 8.75. The Morgan fingerprint density at radius 3 is 2.21 bits per heavy atom. The van der Waals surface area contributed by atoms with E-state index < -0.39 is 17.3 Å². The van der Waals surface area contributed by atoms with Gasteiger partial charge in [-0.3, -0.25) is 14.4 Å². The Labute approximate surface area is 114 Å². The van der Waals surface area contributed by atoms with E-state index in [0.29, 0.717) is 12.3 Å². The molecule has 108 valence electrons. The van der Waals surface area contributed by atoms with Crippen LogP contribution >= 0.6 is 0 Å². The lowest BCUT2D eigenvalue weighted by atomic mass is 9.80. The van der Waals surface area contributed by atoms with Crippen molar-refractivity contribution in [2.24, 2.45) is 17.3 Å². The molecule has 0 aromatic heterocycles. The van der Waals surface area contributed by atoms with Crippen LogP contribution in [0, 0.1) is 17.3 Å². The molecular weight excluding hydrogens is 244 g/mol. The zero-order valence-corrected chi connectivity index (χ0v) is 12.3. The third-order valence-electron chi connectivity index (χ3n) is 3.27. The van der Waals surface area contributed by atoms with E-state index >= 15 is 0 Å². The zero-order chi connectivity index (χ0) is 14.6. The van der Waals surface area contributed by atoms with Gasteiger partial charge in [-0.2, -0.15) is 0 Å². The fourth-order valence-corrected chi connectivity index (χ4v) is 2.00. The van der Waals surface area contributed by atoms with Crippen LogP contribution in [-0.4, -0.2) is 24.1 Å². The highest BCUT2D eigenvalue weighted by atomic mass is 16.5. The molecule has 0 heterocycles. The summed E-state index contributed by atoms with van der Waals surface area (Å²) in [5.74, 6) is -1.24. The summed E-state index contributed by atoms with van der Waals surface area (Å²) in [4.78, 5) is 36.0. The van der Waals surface area contributed by atoms with Crippen molar-refractivity contribution in [1.82, 2.24) is 0 Å². The van der Waals surface area contributed by atoms with Crippen LogP contribution in [-0.2, 0) is 19.1 Å². The predicted octanol–water partition coefficient (Wildman–Crippen LogP) is 2.54. The fourth-order valence-electron chi connectivity index (χ4n) is 2.00. The molecule has 4 heteroatoms. The van der Waals surface area contributed by atoms with E-state index in [-0.39, 0.29) is 24.6 Å². The number of rotatable bonds is 7. The van der Waals surface area contributed by atoms with Gasteiger partial charge in [-0.1, -0.05) is 20.8 Å². The Morgan fingerprint density at radius 2 is 1.79 bits per heavy atom. The van der Waals surface area contributed by atoms with E-state index in [4.69, 9.17) is 4.74 Å². The van der Waals surface area contributed by atoms with Gasteiger partial charge in [0.15, 0.2) is 5.78 Å². The molecule has 0 N–H and O–H groups in total. The van der Waals surface area contributed by atoms with Gasteiger partial charge in [0.1, 0.15) is 11.7 Å². The summed E-state index contributed by atoms with van der Waals surface area (Å²) in [5.41, 5.74) is -0.642. The first-order valence-corrected chi connectivity index (χ1v) is 6.98. The van der Waals surface area contributed by atoms with Crippen LogP contribution in [0.2, 0.25) is 0 Å². The van der Waals surface area contributed by atoms with E-state index in [1.165, 1.54) is 0 Å². The third-order valence-corrected chi connectivity index (χ3v) is 3.27. The van der Waals surface area contributed by atoms with Crippen LogP contribution in [0.15, 0.2) is 0 Å². The maximum Gasteiger partial charge on any atom is 0.316 e. The maximum atomic E-state index is 12.3. The number of ether oxygens (including phenoxy) is 1. The van der Waals surface area contributed by atoms with Crippen LogP contribution in [0.1, 0.15) is 53.4 Å². The van der Waals surface area contributed by atoms with E-state index in [1.54, 1.807) is 27.7 Å². The van der Waals surface area contributed by atoms with Crippen LogP contribution in [0.5, 0.6) is 0 Å². The van der Waals surface area contributed by atoms with E-state index in [2.05, 4.69) is 0 Å². The minimum absolute atomic E-state index is 0.00171. The van der Waals surface area contributed by atoms with Gasteiger partial charge in [-0.15, -0.1) is 0 Å². The van der Waals surface area contributed by atoms with Crippen molar-refractivity contribution in [3.63, 3.8) is 0 Å². The molecule has 1 aliphatic rings. The smallest absolute Gasteiger partial charge is 0.316 e. The molecule has 0 spiro atoms. The van der Waals surface area contributed by atoms with Crippen molar-refractivity contribution < 1.29 is 19.1 Å². The summed E-state index contributed by atoms with van der Waals surface area (Å²) in [7, 11) is 0. The molecule has 19 heavy (non-hydrogen) atoms. The minimum Gasteiger partial charge on any atom is -0.465 e. The second kappa shape index (κ2) is 6.31. The number of ketones is 2. The van der Waals surface area contributed by atoms with Crippen LogP contribution < -0.4 is 0 Å². The standard InChI is InChI=1S/C15H24O4/c1-5-19-14(18)12(13(17)15(2,3)4)9-11(16)8-10-6-7-10/h10,12H,5-9H2,1-4H3. The van der Waals surface area contributed by atoms with Gasteiger partial charge < -0.3 is 4.74 Å². The van der Waals surface area contributed by atoms with Gasteiger partial charge in [0.2, 0.25) is 0 Å². The van der Waals surface area contributed by atoms with Gasteiger partial charge >= 0.3 is 5.97 Å². The normalized spacial score (nSPS) is 16.8. The summed E-state index contributed by atoms with van der Waals surface area (Å²) < 4.78 is 4.93. The lowest BCUT2D eigenvalue weighted by Crippen LogP contribution is -2.36. The molecule has 0 aliphatic heterocycles. The highest BCUT2D eigenvalue weighted by Crippen LogP contribution is 2.34. The SMILES string of the molecule is CCOC(=O)C(CC(=O)CC1CC1)C(=O)C(C)(C)C. The van der Waals surface area contributed by atoms with Crippen LogP contribution in [0.25, 0.3) is 0 Å². The molecule has 0 radical (unpaired) electrons. The topological polar surface area (TPSA) is 60.4 Å². The summed E-state index contributed by atoms with van der Waals surface area (Å²) >= 11 is 0. The van der Waals surface area contributed by atoms with Gasteiger partial charge in [-0.05, 0) is 25.7 Å². The lowest BCUT2D eigenvalue weighted by molar-refractivity contribution is -0.155. The summed E-state index contributed by atoms with van der Waals surface area (Å²) in [5, 5.41) is 0. The van der Waals surface area contributed by atoms with Gasteiger partial charge in [0.25, 0.3) is 0 Å². The molecule has 1 fully saturated rings. The maximum absolute atomic E-state index is 12.3. The third kappa shape index (κ3) is 5.13. The molecule has 1 aliphatic carbocycles. The predicted molar refractivity (Wildman–Crippen MR) is 71.6 cm³/mol. The molecule has 1 saturated carbocycles. The first-order valence-electron chi connectivity index (χ1n) is 6.98. The summed E-state index contributed by atoms with van der Waals surface area (Å²) in [6.45, 7) is 7.19. The second-order valence-electron chi connectivity index (χ2n) is 6.31. The number of Topliss-reactive ketones (excluding diaryl/α,β-unsaturated/α-hetero) is 2. The quantitative estimate of drug-likeness (QED) is 0.526. The van der Waals surface area contributed by atoms with Gasteiger partial charge in [0.05, 0.1) is 6.61 Å². The number of esters is 1. The van der Waals surface area contributed by atoms with E-state index in [1.807, 2.05) is 0 Å². The number of carbonyl (C=O) groups excluding carboxylic acids is 3. The molecule has 0 saturated heterocycles. The van der Waals surface area contributed by atoms with Crippen LogP contribution in [0.4, 0.5) is 0 Å². The minimum atomic E-state index is -0.939. The van der Waals surface area contributed by atoms with Crippen molar-refractivity contribution in [2.45, 2.75) is 53.4 Å². The number of carbonyl (C=O) groups is 3. The summed E-state index contributed by atoms with van der Waals surface area (Å²) in [6.07, 6.45) is 2.66. The van der Waals surface area contributed by atoms with E-state index in [0.717, 1.165) is 12.8 Å². The molecule has 1 unspecified atom stereocenters. The molecule has 0 bridgehead atoms. The van der Waals surface area contributed by atoms with Gasteiger partial charge in [-0.25, -0.2) is 0 Å². The average molecular weight is 268 g/mol. The zero-order valence-electron chi connectivity index (χ0n) is 12.3. The number of hydrogen-bond acceptors (Lipinski definition) is 4. The van der Waals surface area contributed by atoms with Gasteiger partial charge in [0, 0.05) is 18.3 Å². The van der Waals surface area contributed by atoms with Crippen LogP contribution in [0.3, 0.4) is 0 Å². The van der Waals surface area contributed by atoms with E-state index in [9.17, 15) is 14.4 Å². The molecule has 0 aromatic carbocycles. The Morgan fingerprint density at radius 1 is 1.21 bits per heavy atom. The summed E-state index contributed by atoms with van der Waals surface area (Å²) in [6, 6.07) is 0. The average Bonchev–Trinajstić information content (AvgIpc) is 3.07. The Hall–Kier alpha value is -1.19. The highest BCUT2D eigenvalue weighted by Gasteiger charge is 2.37. The Balaban J connectivity index is 2.70. The Bertz CT molecular complexity index is 361. The first kappa shape index (κ1) is 15.9. The monoisotopic (exact) mass is 268 g/mol. The van der Waals surface area contributed by atoms with Crippen molar-refractivity contribution in [3.8, 4) is 0 Å². The second-order valence-corrected chi connectivity index (χ2v) is 6.31. The molecule has 0 aromatic rings. The number of hydrogen-bond donors (Lipinski definition) is 0. The molecule has 1 rings (SSSR count). The van der Waals surface area contributed by atoms with Crippen molar-refractivity contribution in [1.29, 1.82) is 0 Å². The van der Waals surface area contributed by atoms with Crippen molar-refractivity contribution >= 4 is 17.5 Å². The molecule has 1 atom stereocenters. The molecular formula is C15H24O4. The largest absolute Gasteiger partial charge is 0.465 e. The highest BCUT2D eigenvalue weighted by molar-refractivity contribution is 6.04. The fraction of sp³-hybridized carbons (Fsp3) is 0.800. The molecule has 4 nitrogen and oxygen atoms in total. The van der Waals surface area contributed by atoms with Crippen molar-refractivity contribution in [2.75, 3.05) is 6.61 Å². The lowest BCUT2D eigenvalue weighted by Gasteiger charge is -2.22. The molecule has 0 amide bonds. The Kier molecular flexibility index (Phi) is 5.27. The van der Waals surface area contributed by atoms with Crippen molar-refractivity contribution in [3.05, 3.63) is 0 Å².